The zero-order chi connectivity index (χ0) is 8.67. The van der Waals surface area contributed by atoms with Crippen LogP contribution in [-0.4, -0.2) is 12.6 Å². The van der Waals surface area contributed by atoms with E-state index < -0.39 is 0 Å². The third-order valence-electron chi connectivity index (χ3n) is 3.51. The molecule has 1 heterocycles. The van der Waals surface area contributed by atoms with Gasteiger partial charge in [-0.2, -0.15) is 0 Å². The maximum Gasteiger partial charge on any atom is 0.0114 e. The topological polar surface area (TPSA) is 12.0 Å². The molecule has 3 rings (SSSR count). The molecule has 13 heavy (non-hydrogen) atoms. The highest BCUT2D eigenvalue weighted by molar-refractivity contribution is 5.32. The van der Waals surface area contributed by atoms with Gasteiger partial charge in [-0.15, -0.1) is 0 Å². The lowest BCUT2D eigenvalue weighted by molar-refractivity contribution is 0.267. The predicted octanol–water partition coefficient (Wildman–Crippen LogP) is 1.76. The highest BCUT2D eigenvalue weighted by Gasteiger charge is 2.31. The van der Waals surface area contributed by atoms with Gasteiger partial charge in [-0.05, 0) is 42.9 Å². The average molecular weight is 173 g/mol. The minimum atomic E-state index is 0.812. The highest BCUT2D eigenvalue weighted by atomic mass is 15.0. The van der Waals surface area contributed by atoms with Crippen molar-refractivity contribution in [3.63, 3.8) is 0 Å². The second-order valence-corrected chi connectivity index (χ2v) is 4.29. The molecule has 0 amide bonds. The van der Waals surface area contributed by atoms with Gasteiger partial charge in [0.15, 0.2) is 0 Å². The van der Waals surface area contributed by atoms with Crippen molar-refractivity contribution < 1.29 is 0 Å². The van der Waals surface area contributed by atoms with E-state index in [0.29, 0.717) is 0 Å². The number of hydrogen-bond acceptors (Lipinski definition) is 1. The standard InChI is InChI=1S/C12H15N/c1-2-4-10-8-11(7-9(10)3-1)12-5-6-13-12/h1-4,11-13H,5-8H2. The Balaban J connectivity index is 1.80. The van der Waals surface area contributed by atoms with E-state index in [4.69, 9.17) is 0 Å². The molecule has 1 aliphatic carbocycles. The zero-order valence-electron chi connectivity index (χ0n) is 7.79. The molecule has 0 aromatic heterocycles. The fraction of sp³-hybridized carbons (Fsp3) is 0.500. The van der Waals surface area contributed by atoms with Gasteiger partial charge < -0.3 is 5.32 Å². The van der Waals surface area contributed by atoms with Crippen molar-refractivity contribution in [3.8, 4) is 0 Å². The van der Waals surface area contributed by atoms with Crippen LogP contribution in [0.2, 0.25) is 0 Å². The zero-order valence-corrected chi connectivity index (χ0v) is 7.79. The van der Waals surface area contributed by atoms with E-state index in [2.05, 4.69) is 29.6 Å². The molecule has 1 aromatic carbocycles. The largest absolute Gasteiger partial charge is 0.314 e. The molecule has 1 fully saturated rings. The Labute approximate surface area is 79.2 Å². The second-order valence-electron chi connectivity index (χ2n) is 4.29. The number of hydrogen-bond donors (Lipinski definition) is 1. The highest BCUT2D eigenvalue weighted by Crippen LogP contribution is 2.31. The number of benzene rings is 1. The predicted molar refractivity (Wildman–Crippen MR) is 53.7 cm³/mol. The van der Waals surface area contributed by atoms with Crippen LogP contribution in [0, 0.1) is 5.92 Å². The number of fused-ring (bicyclic) bond motifs is 1. The molecule has 2 aliphatic rings. The van der Waals surface area contributed by atoms with Gasteiger partial charge in [0.05, 0.1) is 0 Å². The summed E-state index contributed by atoms with van der Waals surface area (Å²) in [5.41, 5.74) is 3.17. The quantitative estimate of drug-likeness (QED) is 0.682. The molecule has 1 saturated heterocycles. The van der Waals surface area contributed by atoms with Gasteiger partial charge in [0, 0.05) is 6.04 Å². The van der Waals surface area contributed by atoms with E-state index in [1.807, 2.05) is 0 Å². The van der Waals surface area contributed by atoms with E-state index in [9.17, 15) is 0 Å². The Bertz CT molecular complexity index is 290. The molecule has 0 spiro atoms. The first-order valence-electron chi connectivity index (χ1n) is 5.23. The van der Waals surface area contributed by atoms with Gasteiger partial charge in [0.2, 0.25) is 0 Å². The van der Waals surface area contributed by atoms with Crippen molar-refractivity contribution in [2.24, 2.45) is 5.92 Å². The van der Waals surface area contributed by atoms with E-state index >= 15 is 0 Å². The minimum Gasteiger partial charge on any atom is -0.314 e. The van der Waals surface area contributed by atoms with Crippen molar-refractivity contribution in [3.05, 3.63) is 35.4 Å². The second kappa shape index (κ2) is 2.85. The Morgan fingerprint density at radius 3 is 2.15 bits per heavy atom. The van der Waals surface area contributed by atoms with Crippen molar-refractivity contribution in [2.75, 3.05) is 6.54 Å². The molecule has 0 saturated carbocycles. The molecule has 0 bridgehead atoms. The first kappa shape index (κ1) is 7.57. The van der Waals surface area contributed by atoms with Crippen LogP contribution in [0.5, 0.6) is 0 Å². The maximum absolute atomic E-state index is 3.52. The molecular weight excluding hydrogens is 158 g/mol. The van der Waals surface area contributed by atoms with Crippen LogP contribution >= 0.6 is 0 Å². The summed E-state index contributed by atoms with van der Waals surface area (Å²) in [6, 6.07) is 9.71. The Hall–Kier alpha value is -0.820. The first-order chi connectivity index (χ1) is 6.43. The van der Waals surface area contributed by atoms with E-state index in [0.717, 1.165) is 12.0 Å². The summed E-state index contributed by atoms with van der Waals surface area (Å²) in [5.74, 6) is 0.881. The lowest BCUT2D eigenvalue weighted by Crippen LogP contribution is -2.48. The molecule has 1 heteroatoms. The fourth-order valence-corrected chi connectivity index (χ4v) is 2.59. The Morgan fingerprint density at radius 1 is 1.08 bits per heavy atom. The van der Waals surface area contributed by atoms with Crippen LogP contribution in [0.15, 0.2) is 24.3 Å². The maximum atomic E-state index is 3.52. The van der Waals surface area contributed by atoms with Crippen LogP contribution in [0.25, 0.3) is 0 Å². The third-order valence-corrected chi connectivity index (χ3v) is 3.51. The third kappa shape index (κ3) is 1.19. The normalized spacial score (nSPS) is 26.9. The molecule has 1 unspecified atom stereocenters. The van der Waals surface area contributed by atoms with Crippen LogP contribution in [-0.2, 0) is 12.8 Å². The summed E-state index contributed by atoms with van der Waals surface area (Å²) < 4.78 is 0. The molecule has 1 aliphatic heterocycles. The van der Waals surface area contributed by atoms with Crippen LogP contribution in [0.4, 0.5) is 0 Å². The van der Waals surface area contributed by atoms with Crippen molar-refractivity contribution >= 4 is 0 Å². The summed E-state index contributed by atoms with van der Waals surface area (Å²) in [5, 5.41) is 3.52. The monoisotopic (exact) mass is 173 g/mol. The summed E-state index contributed by atoms with van der Waals surface area (Å²) in [7, 11) is 0. The van der Waals surface area contributed by atoms with E-state index in [1.54, 1.807) is 11.1 Å². The van der Waals surface area contributed by atoms with Gasteiger partial charge in [-0.1, -0.05) is 24.3 Å². The number of nitrogens with one attached hydrogen (secondary N) is 1. The molecule has 68 valence electrons. The molecular formula is C12H15N. The van der Waals surface area contributed by atoms with Crippen LogP contribution in [0.1, 0.15) is 17.5 Å². The Kier molecular flexibility index (Phi) is 1.66. The van der Waals surface area contributed by atoms with Gasteiger partial charge in [-0.25, -0.2) is 0 Å². The smallest absolute Gasteiger partial charge is 0.0114 e. The van der Waals surface area contributed by atoms with Crippen molar-refractivity contribution in [1.82, 2.24) is 5.32 Å². The summed E-state index contributed by atoms with van der Waals surface area (Å²) in [4.78, 5) is 0. The van der Waals surface area contributed by atoms with Gasteiger partial charge in [0.25, 0.3) is 0 Å². The Morgan fingerprint density at radius 2 is 1.69 bits per heavy atom. The van der Waals surface area contributed by atoms with Crippen molar-refractivity contribution in [1.29, 1.82) is 0 Å². The first-order valence-corrected chi connectivity index (χ1v) is 5.23. The molecule has 1 atom stereocenters. The van der Waals surface area contributed by atoms with Crippen LogP contribution in [0.3, 0.4) is 0 Å². The molecule has 1 aromatic rings. The molecule has 1 N–H and O–H groups in total. The number of rotatable bonds is 1. The average Bonchev–Trinajstić information content (AvgIpc) is 2.43. The summed E-state index contributed by atoms with van der Waals surface area (Å²) in [6.45, 7) is 1.23. The van der Waals surface area contributed by atoms with Crippen LogP contribution < -0.4 is 5.32 Å². The van der Waals surface area contributed by atoms with Gasteiger partial charge in [0.1, 0.15) is 0 Å². The van der Waals surface area contributed by atoms with E-state index in [1.165, 1.54) is 25.8 Å². The fourth-order valence-electron chi connectivity index (χ4n) is 2.59. The SMILES string of the molecule is c1ccc2c(c1)CC(C1CCN1)C2. The lowest BCUT2D eigenvalue weighted by atomic mass is 9.89. The molecule has 1 nitrogen and oxygen atoms in total. The lowest BCUT2D eigenvalue weighted by Gasteiger charge is -2.32. The van der Waals surface area contributed by atoms with Gasteiger partial charge in [-0.3, -0.25) is 0 Å². The van der Waals surface area contributed by atoms with Crippen molar-refractivity contribution in [2.45, 2.75) is 25.3 Å². The summed E-state index contributed by atoms with van der Waals surface area (Å²) >= 11 is 0. The minimum absolute atomic E-state index is 0.812. The summed E-state index contributed by atoms with van der Waals surface area (Å²) in [6.07, 6.45) is 3.99. The van der Waals surface area contributed by atoms with E-state index in [-0.39, 0.29) is 0 Å². The van der Waals surface area contributed by atoms with Gasteiger partial charge >= 0.3 is 0 Å². The molecule has 0 radical (unpaired) electrons.